The zero-order chi connectivity index (χ0) is 14.7. The van der Waals surface area contributed by atoms with Crippen molar-refractivity contribution in [1.82, 2.24) is 10.3 Å². The van der Waals surface area contributed by atoms with Gasteiger partial charge in [0.05, 0.1) is 15.3 Å². The molecule has 0 bridgehead atoms. The Balaban J connectivity index is 2.16. The highest BCUT2D eigenvalue weighted by atomic mass is 79.9. The number of halogens is 2. The first kappa shape index (κ1) is 14.9. The molecule has 0 saturated carbocycles. The van der Waals surface area contributed by atoms with Gasteiger partial charge in [-0.15, -0.1) is 11.3 Å². The Morgan fingerprint density at radius 3 is 2.90 bits per heavy atom. The van der Waals surface area contributed by atoms with E-state index in [0.29, 0.717) is 0 Å². The summed E-state index contributed by atoms with van der Waals surface area (Å²) >= 11 is 10.5. The molecule has 0 spiro atoms. The van der Waals surface area contributed by atoms with E-state index in [1.807, 2.05) is 12.1 Å². The van der Waals surface area contributed by atoms with Gasteiger partial charge >= 0.3 is 0 Å². The molecule has 0 fully saturated rings. The molecule has 0 aliphatic carbocycles. The molecule has 0 aliphatic rings. The third-order valence-electron chi connectivity index (χ3n) is 2.34. The lowest BCUT2D eigenvalue weighted by atomic mass is 10.2. The quantitative estimate of drug-likeness (QED) is 0.503. The molecule has 6 nitrogen and oxygen atoms in total. The standard InChI is InChI=1S/C11H7BrClN3O3S/c12-9-2-1-6(20-9)4-15-11(17)7-3-10(13)14-5-8(7)16(18)19/h1-3,5H,4H2,(H,15,17). The predicted octanol–water partition coefficient (Wildman–Crippen LogP) is 3.40. The molecule has 2 aromatic rings. The van der Waals surface area contributed by atoms with Crippen LogP contribution in [-0.4, -0.2) is 15.8 Å². The van der Waals surface area contributed by atoms with E-state index in [0.717, 1.165) is 14.9 Å². The fraction of sp³-hybridized carbons (Fsp3) is 0.0909. The minimum Gasteiger partial charge on any atom is -0.347 e. The SMILES string of the molecule is O=C(NCc1ccc(Br)s1)c1cc(Cl)ncc1[N+](=O)[O-]. The summed E-state index contributed by atoms with van der Waals surface area (Å²) in [6.45, 7) is 0.284. The Labute approximate surface area is 131 Å². The lowest BCUT2D eigenvalue weighted by Crippen LogP contribution is -2.23. The van der Waals surface area contributed by atoms with Crippen molar-refractivity contribution in [1.29, 1.82) is 0 Å². The van der Waals surface area contributed by atoms with Gasteiger partial charge in [-0.1, -0.05) is 11.6 Å². The molecular formula is C11H7BrClN3O3S. The third-order valence-corrected chi connectivity index (χ3v) is 4.17. The van der Waals surface area contributed by atoms with Gasteiger partial charge in [-0.25, -0.2) is 4.98 Å². The van der Waals surface area contributed by atoms with E-state index < -0.39 is 10.8 Å². The summed E-state index contributed by atoms with van der Waals surface area (Å²) in [5.41, 5.74) is -0.482. The first-order valence-electron chi connectivity index (χ1n) is 5.29. The Bertz CT molecular complexity index is 677. The molecule has 0 radical (unpaired) electrons. The van der Waals surface area contributed by atoms with E-state index >= 15 is 0 Å². The molecular weight excluding hydrogens is 370 g/mol. The average Bonchev–Trinajstić information content (AvgIpc) is 2.81. The van der Waals surface area contributed by atoms with Gasteiger partial charge in [0.1, 0.15) is 16.9 Å². The highest BCUT2D eigenvalue weighted by molar-refractivity contribution is 9.11. The molecule has 0 atom stereocenters. The molecule has 0 aliphatic heterocycles. The van der Waals surface area contributed by atoms with Crippen LogP contribution in [0, 0.1) is 10.1 Å². The van der Waals surface area contributed by atoms with Crippen molar-refractivity contribution >= 4 is 50.5 Å². The molecule has 1 N–H and O–H groups in total. The van der Waals surface area contributed by atoms with Crippen molar-refractivity contribution in [3.05, 3.63) is 53.9 Å². The lowest BCUT2D eigenvalue weighted by Gasteiger charge is -2.04. The van der Waals surface area contributed by atoms with Crippen LogP contribution in [0.2, 0.25) is 5.15 Å². The van der Waals surface area contributed by atoms with Crippen LogP contribution >= 0.6 is 38.9 Å². The first-order valence-corrected chi connectivity index (χ1v) is 7.28. The normalized spacial score (nSPS) is 10.3. The molecule has 2 heterocycles. The summed E-state index contributed by atoms with van der Waals surface area (Å²) in [4.78, 5) is 26.7. The van der Waals surface area contributed by atoms with Crippen LogP contribution < -0.4 is 5.32 Å². The van der Waals surface area contributed by atoms with Gasteiger partial charge in [-0.2, -0.15) is 0 Å². The number of carbonyl (C=O) groups is 1. The summed E-state index contributed by atoms with van der Waals surface area (Å²) in [5, 5.41) is 13.5. The monoisotopic (exact) mass is 375 g/mol. The van der Waals surface area contributed by atoms with E-state index in [9.17, 15) is 14.9 Å². The molecule has 1 amide bonds. The van der Waals surface area contributed by atoms with Crippen LogP contribution in [-0.2, 0) is 6.54 Å². The topological polar surface area (TPSA) is 85.1 Å². The number of aromatic nitrogens is 1. The van der Waals surface area contributed by atoms with Crippen molar-refractivity contribution in [3.63, 3.8) is 0 Å². The van der Waals surface area contributed by atoms with Crippen molar-refractivity contribution < 1.29 is 9.72 Å². The number of thiophene rings is 1. The third kappa shape index (κ3) is 3.53. The number of amides is 1. The van der Waals surface area contributed by atoms with Crippen molar-refractivity contribution in [3.8, 4) is 0 Å². The first-order chi connectivity index (χ1) is 9.47. The number of nitrogens with one attached hydrogen (secondary N) is 1. The average molecular weight is 377 g/mol. The van der Waals surface area contributed by atoms with Gasteiger partial charge in [0.25, 0.3) is 11.6 Å². The highest BCUT2D eigenvalue weighted by Crippen LogP contribution is 2.23. The Kier molecular flexibility index (Phi) is 4.69. The maximum Gasteiger partial charge on any atom is 0.300 e. The number of nitrogens with zero attached hydrogens (tertiary/aromatic N) is 2. The molecule has 2 aromatic heterocycles. The fourth-order valence-electron chi connectivity index (χ4n) is 1.46. The second-order valence-electron chi connectivity index (χ2n) is 3.67. The van der Waals surface area contributed by atoms with Crippen molar-refractivity contribution in [2.24, 2.45) is 0 Å². The van der Waals surface area contributed by atoms with Crippen molar-refractivity contribution in [2.75, 3.05) is 0 Å². The van der Waals surface area contributed by atoms with Crippen LogP contribution in [0.5, 0.6) is 0 Å². The second kappa shape index (κ2) is 6.29. The summed E-state index contributed by atoms with van der Waals surface area (Å²) in [6.07, 6.45) is 0.971. The lowest BCUT2D eigenvalue weighted by molar-refractivity contribution is -0.385. The van der Waals surface area contributed by atoms with E-state index in [2.05, 4.69) is 26.2 Å². The molecule has 2 rings (SSSR count). The molecule has 9 heteroatoms. The number of hydrogen-bond acceptors (Lipinski definition) is 5. The number of pyridine rings is 1. The summed E-state index contributed by atoms with van der Waals surface area (Å²) < 4.78 is 0.944. The molecule has 0 aromatic carbocycles. The molecule has 20 heavy (non-hydrogen) atoms. The number of carbonyl (C=O) groups excluding carboxylic acids is 1. The number of nitro groups is 1. The minimum atomic E-state index is -0.667. The number of rotatable bonds is 4. The van der Waals surface area contributed by atoms with Gasteiger partial charge < -0.3 is 5.32 Å². The summed E-state index contributed by atoms with van der Waals surface area (Å²) in [5.74, 6) is -0.564. The maximum absolute atomic E-state index is 12.0. The zero-order valence-electron chi connectivity index (χ0n) is 9.80. The van der Waals surface area contributed by atoms with Gasteiger partial charge in [-0.3, -0.25) is 14.9 Å². The molecule has 104 valence electrons. The van der Waals surface area contributed by atoms with Gasteiger partial charge in [-0.05, 0) is 34.1 Å². The van der Waals surface area contributed by atoms with E-state index in [1.54, 1.807) is 0 Å². The Morgan fingerprint density at radius 1 is 1.55 bits per heavy atom. The Morgan fingerprint density at radius 2 is 2.30 bits per heavy atom. The van der Waals surface area contributed by atoms with Crippen LogP contribution in [0.15, 0.2) is 28.2 Å². The van der Waals surface area contributed by atoms with Crippen molar-refractivity contribution in [2.45, 2.75) is 6.54 Å². The van der Waals surface area contributed by atoms with Crippen LogP contribution in [0.1, 0.15) is 15.2 Å². The van der Waals surface area contributed by atoms with Crippen LogP contribution in [0.25, 0.3) is 0 Å². The number of hydrogen-bond donors (Lipinski definition) is 1. The molecule has 0 unspecified atom stereocenters. The minimum absolute atomic E-state index is 0.0274. The van der Waals surface area contributed by atoms with Gasteiger partial charge in [0.15, 0.2) is 0 Å². The van der Waals surface area contributed by atoms with Gasteiger partial charge in [0, 0.05) is 4.88 Å². The van der Waals surface area contributed by atoms with Crippen LogP contribution in [0.4, 0.5) is 5.69 Å². The predicted molar refractivity (Wildman–Crippen MR) is 79.1 cm³/mol. The summed E-state index contributed by atoms with van der Waals surface area (Å²) in [6, 6.07) is 4.89. The highest BCUT2D eigenvalue weighted by Gasteiger charge is 2.21. The van der Waals surface area contributed by atoms with E-state index in [4.69, 9.17) is 11.6 Å². The van der Waals surface area contributed by atoms with Gasteiger partial charge in [0.2, 0.25) is 0 Å². The fourth-order valence-corrected chi connectivity index (χ4v) is 3.04. The van der Waals surface area contributed by atoms with Crippen LogP contribution in [0.3, 0.4) is 0 Å². The molecule has 0 saturated heterocycles. The Hall–Kier alpha value is -1.51. The smallest absolute Gasteiger partial charge is 0.300 e. The second-order valence-corrected chi connectivity index (χ2v) is 6.60. The van der Waals surface area contributed by atoms with E-state index in [1.165, 1.54) is 17.4 Å². The van der Waals surface area contributed by atoms with E-state index in [-0.39, 0.29) is 22.9 Å². The summed E-state index contributed by atoms with van der Waals surface area (Å²) in [7, 11) is 0. The maximum atomic E-state index is 12.0. The largest absolute Gasteiger partial charge is 0.347 e. The zero-order valence-corrected chi connectivity index (χ0v) is 13.0.